The van der Waals surface area contributed by atoms with E-state index in [4.69, 9.17) is 16.0 Å². The number of rotatable bonds is 5. The minimum Gasteiger partial charge on any atom is -0.443 e. The highest BCUT2D eigenvalue weighted by atomic mass is 35.5. The highest BCUT2D eigenvalue weighted by Crippen LogP contribution is 2.26. The van der Waals surface area contributed by atoms with Gasteiger partial charge in [-0.05, 0) is 17.7 Å². The second-order valence-corrected chi connectivity index (χ2v) is 8.10. The Balaban J connectivity index is 2.07. The van der Waals surface area contributed by atoms with Crippen LogP contribution in [0.1, 0.15) is 38.0 Å². The van der Waals surface area contributed by atoms with E-state index < -0.39 is 10.8 Å². The maximum absolute atomic E-state index is 11.3. The van der Waals surface area contributed by atoms with E-state index in [1.54, 1.807) is 12.5 Å². The third-order valence-electron chi connectivity index (χ3n) is 3.12. The molecule has 6 heteroatoms. The number of hydrogen-bond acceptors (Lipinski definition) is 4. The SMILES string of the molecule is C[S@](=O)Cc1ccc(Cl)c(NCc2ncc(C(C)(C)C)o2)c1. The van der Waals surface area contributed by atoms with E-state index in [1.807, 2.05) is 18.2 Å². The van der Waals surface area contributed by atoms with Gasteiger partial charge in [0.1, 0.15) is 5.76 Å². The highest BCUT2D eigenvalue weighted by Gasteiger charge is 2.19. The van der Waals surface area contributed by atoms with Crippen molar-refractivity contribution in [1.82, 2.24) is 4.98 Å². The molecule has 0 aliphatic carbocycles. The van der Waals surface area contributed by atoms with Gasteiger partial charge in [-0.15, -0.1) is 0 Å². The molecule has 22 heavy (non-hydrogen) atoms. The van der Waals surface area contributed by atoms with Gasteiger partial charge < -0.3 is 9.73 Å². The molecule has 2 rings (SSSR count). The lowest BCUT2D eigenvalue weighted by Gasteiger charge is -2.13. The van der Waals surface area contributed by atoms with Crippen LogP contribution in [-0.2, 0) is 28.5 Å². The van der Waals surface area contributed by atoms with Gasteiger partial charge in [0.15, 0.2) is 0 Å². The summed E-state index contributed by atoms with van der Waals surface area (Å²) >= 11 is 6.19. The molecule has 120 valence electrons. The van der Waals surface area contributed by atoms with E-state index >= 15 is 0 Å². The number of hydrogen-bond donors (Lipinski definition) is 1. The van der Waals surface area contributed by atoms with E-state index in [9.17, 15) is 4.21 Å². The number of nitrogens with zero attached hydrogens (tertiary/aromatic N) is 1. The summed E-state index contributed by atoms with van der Waals surface area (Å²) in [6, 6.07) is 5.61. The van der Waals surface area contributed by atoms with Gasteiger partial charge in [0.25, 0.3) is 0 Å². The lowest BCUT2D eigenvalue weighted by Crippen LogP contribution is -2.09. The Bertz CT molecular complexity index is 677. The summed E-state index contributed by atoms with van der Waals surface area (Å²) in [6.07, 6.45) is 3.44. The molecule has 0 aliphatic rings. The maximum atomic E-state index is 11.3. The molecule has 0 saturated carbocycles. The Hall–Kier alpha value is -1.33. The van der Waals surface area contributed by atoms with Crippen molar-refractivity contribution in [3.63, 3.8) is 0 Å². The zero-order valence-corrected chi connectivity index (χ0v) is 14.8. The average molecular weight is 341 g/mol. The van der Waals surface area contributed by atoms with Crippen molar-refractivity contribution >= 4 is 28.1 Å². The molecule has 0 radical (unpaired) electrons. The first-order chi connectivity index (χ1) is 10.3. The van der Waals surface area contributed by atoms with Crippen molar-refractivity contribution in [2.45, 2.75) is 38.5 Å². The molecule has 0 fully saturated rings. The first-order valence-electron chi connectivity index (χ1n) is 7.03. The van der Waals surface area contributed by atoms with Crippen LogP contribution in [0.4, 0.5) is 5.69 Å². The van der Waals surface area contributed by atoms with Crippen LogP contribution in [0.15, 0.2) is 28.8 Å². The van der Waals surface area contributed by atoms with E-state index in [0.29, 0.717) is 23.2 Å². The van der Waals surface area contributed by atoms with E-state index in [-0.39, 0.29) is 5.41 Å². The highest BCUT2D eigenvalue weighted by molar-refractivity contribution is 7.83. The molecule has 1 aromatic carbocycles. The predicted octanol–water partition coefficient (Wildman–Crippen LogP) is 4.12. The van der Waals surface area contributed by atoms with Gasteiger partial charge in [0.05, 0.1) is 23.5 Å². The summed E-state index contributed by atoms with van der Waals surface area (Å²) in [5, 5.41) is 3.84. The van der Waals surface area contributed by atoms with Gasteiger partial charge in [-0.25, -0.2) is 4.98 Å². The molecule has 0 aliphatic heterocycles. The van der Waals surface area contributed by atoms with Crippen LogP contribution in [0.25, 0.3) is 0 Å². The fraction of sp³-hybridized carbons (Fsp3) is 0.438. The number of benzene rings is 1. The molecule has 0 saturated heterocycles. The molecule has 2 aromatic rings. The Kier molecular flexibility index (Phi) is 5.29. The van der Waals surface area contributed by atoms with Crippen LogP contribution in [-0.4, -0.2) is 15.4 Å². The Morgan fingerprint density at radius 1 is 1.36 bits per heavy atom. The third kappa shape index (κ3) is 4.58. The number of nitrogens with one attached hydrogen (secondary N) is 1. The summed E-state index contributed by atoms with van der Waals surface area (Å²) < 4.78 is 17.1. The quantitative estimate of drug-likeness (QED) is 0.889. The fourth-order valence-electron chi connectivity index (χ4n) is 1.94. The van der Waals surface area contributed by atoms with Crippen molar-refractivity contribution < 1.29 is 8.63 Å². The normalized spacial score (nSPS) is 13.1. The molecule has 0 spiro atoms. The number of aromatic nitrogens is 1. The number of halogens is 1. The van der Waals surface area contributed by atoms with Gasteiger partial charge in [-0.1, -0.05) is 38.4 Å². The lowest BCUT2D eigenvalue weighted by atomic mass is 9.94. The van der Waals surface area contributed by atoms with Crippen LogP contribution in [0, 0.1) is 0 Å². The fourth-order valence-corrected chi connectivity index (χ4v) is 2.78. The largest absolute Gasteiger partial charge is 0.443 e. The van der Waals surface area contributed by atoms with Gasteiger partial charge in [0, 0.05) is 28.2 Å². The molecular formula is C16H21ClN2O2S. The summed E-state index contributed by atoms with van der Waals surface area (Å²) in [4.78, 5) is 4.28. The van der Waals surface area contributed by atoms with E-state index in [2.05, 4.69) is 31.1 Å². The van der Waals surface area contributed by atoms with Crippen molar-refractivity contribution in [2.75, 3.05) is 11.6 Å². The smallest absolute Gasteiger partial charge is 0.213 e. The Morgan fingerprint density at radius 3 is 2.68 bits per heavy atom. The molecule has 1 heterocycles. The van der Waals surface area contributed by atoms with Crippen LogP contribution in [0.2, 0.25) is 5.02 Å². The molecular weight excluding hydrogens is 320 g/mol. The van der Waals surface area contributed by atoms with Crippen molar-refractivity contribution in [3.05, 3.63) is 46.6 Å². The number of anilines is 1. The van der Waals surface area contributed by atoms with Gasteiger partial charge in [-0.3, -0.25) is 4.21 Å². The summed E-state index contributed by atoms with van der Waals surface area (Å²) in [5.74, 6) is 1.98. The maximum Gasteiger partial charge on any atom is 0.213 e. The molecule has 1 atom stereocenters. The van der Waals surface area contributed by atoms with Crippen LogP contribution in [0.3, 0.4) is 0 Å². The van der Waals surface area contributed by atoms with Crippen molar-refractivity contribution in [2.24, 2.45) is 0 Å². The minimum atomic E-state index is -0.880. The predicted molar refractivity (Wildman–Crippen MR) is 91.8 cm³/mol. The van der Waals surface area contributed by atoms with Crippen LogP contribution >= 0.6 is 11.6 Å². The van der Waals surface area contributed by atoms with Gasteiger partial charge >= 0.3 is 0 Å². The molecule has 1 N–H and O–H groups in total. The van der Waals surface area contributed by atoms with Gasteiger partial charge in [0.2, 0.25) is 5.89 Å². The van der Waals surface area contributed by atoms with E-state index in [0.717, 1.165) is 17.0 Å². The summed E-state index contributed by atoms with van der Waals surface area (Å²) in [6.45, 7) is 6.69. The van der Waals surface area contributed by atoms with Gasteiger partial charge in [-0.2, -0.15) is 0 Å². The molecule has 0 amide bonds. The number of oxazole rings is 1. The van der Waals surface area contributed by atoms with Crippen molar-refractivity contribution in [3.8, 4) is 0 Å². The average Bonchev–Trinajstić information content (AvgIpc) is 2.87. The zero-order chi connectivity index (χ0) is 16.3. The zero-order valence-electron chi connectivity index (χ0n) is 13.3. The third-order valence-corrected chi connectivity index (χ3v) is 4.19. The second kappa shape index (κ2) is 6.84. The lowest BCUT2D eigenvalue weighted by molar-refractivity contribution is 0.385. The Labute approximate surface area is 138 Å². The van der Waals surface area contributed by atoms with Crippen molar-refractivity contribution in [1.29, 1.82) is 0 Å². The Morgan fingerprint density at radius 2 is 2.09 bits per heavy atom. The second-order valence-electron chi connectivity index (χ2n) is 6.25. The van der Waals surface area contributed by atoms with E-state index in [1.165, 1.54) is 0 Å². The molecule has 0 bridgehead atoms. The molecule has 4 nitrogen and oxygen atoms in total. The van der Waals surface area contributed by atoms with Crippen LogP contribution < -0.4 is 5.32 Å². The summed E-state index contributed by atoms with van der Waals surface area (Å²) in [7, 11) is -0.880. The minimum absolute atomic E-state index is 0.0615. The molecule has 0 unspecified atom stereocenters. The first-order valence-corrected chi connectivity index (χ1v) is 9.14. The molecule has 1 aromatic heterocycles. The standard InChI is InChI=1S/C16H21ClN2O2S/c1-16(2,3)14-8-19-15(21-14)9-18-13-7-11(10-22(4)20)5-6-12(13)17/h5-8,18H,9-10H2,1-4H3/t22-/m0/s1. The topological polar surface area (TPSA) is 55.1 Å². The summed E-state index contributed by atoms with van der Waals surface area (Å²) in [5.41, 5.74) is 1.71. The monoisotopic (exact) mass is 340 g/mol. The first kappa shape index (κ1) is 17.0. The van der Waals surface area contributed by atoms with Crippen LogP contribution in [0.5, 0.6) is 0 Å².